The Morgan fingerprint density at radius 1 is 1.62 bits per heavy atom. The SMILES string of the molecule is CO[C@@H]1CN(C(=O)/C=C/c2cnc[nH]2)CC[C@]12CCCO2. The first-order chi connectivity index (χ1) is 10.2. The minimum absolute atomic E-state index is 0.000466. The number of hydrogen-bond acceptors (Lipinski definition) is 4. The lowest BCUT2D eigenvalue weighted by atomic mass is 9.86. The van der Waals surface area contributed by atoms with Crippen molar-refractivity contribution in [3.8, 4) is 0 Å². The van der Waals surface area contributed by atoms with E-state index in [9.17, 15) is 4.79 Å². The Balaban J connectivity index is 1.63. The van der Waals surface area contributed by atoms with Crippen LogP contribution in [0.25, 0.3) is 6.08 Å². The van der Waals surface area contributed by atoms with Crippen LogP contribution in [0.1, 0.15) is 25.0 Å². The second-order valence-electron chi connectivity index (χ2n) is 5.62. The predicted octanol–water partition coefficient (Wildman–Crippen LogP) is 1.22. The van der Waals surface area contributed by atoms with Crippen molar-refractivity contribution in [2.24, 2.45) is 0 Å². The second kappa shape index (κ2) is 5.99. The van der Waals surface area contributed by atoms with Crippen LogP contribution in [0, 0.1) is 0 Å². The van der Waals surface area contributed by atoms with Crippen LogP contribution in [0.4, 0.5) is 0 Å². The molecule has 1 aromatic heterocycles. The Kier molecular flexibility index (Phi) is 4.07. The van der Waals surface area contributed by atoms with Gasteiger partial charge in [-0.2, -0.15) is 0 Å². The number of ether oxygens (including phenoxy) is 2. The first-order valence-corrected chi connectivity index (χ1v) is 7.36. The maximum absolute atomic E-state index is 12.3. The van der Waals surface area contributed by atoms with E-state index < -0.39 is 0 Å². The van der Waals surface area contributed by atoms with Gasteiger partial charge < -0.3 is 19.4 Å². The summed E-state index contributed by atoms with van der Waals surface area (Å²) in [4.78, 5) is 21.0. The van der Waals surface area contributed by atoms with E-state index in [1.165, 1.54) is 0 Å². The maximum Gasteiger partial charge on any atom is 0.246 e. The summed E-state index contributed by atoms with van der Waals surface area (Å²) >= 11 is 0. The zero-order valence-electron chi connectivity index (χ0n) is 12.2. The van der Waals surface area contributed by atoms with Gasteiger partial charge in [0.05, 0.1) is 23.8 Å². The lowest BCUT2D eigenvalue weighted by molar-refractivity contribution is -0.155. The van der Waals surface area contributed by atoms with Crippen molar-refractivity contribution in [1.29, 1.82) is 0 Å². The Morgan fingerprint density at radius 3 is 3.19 bits per heavy atom. The molecule has 3 rings (SSSR count). The van der Waals surface area contributed by atoms with Gasteiger partial charge in [0.25, 0.3) is 0 Å². The van der Waals surface area contributed by atoms with E-state index in [1.54, 1.807) is 31.8 Å². The number of nitrogens with one attached hydrogen (secondary N) is 1. The number of likely N-dealkylation sites (tertiary alicyclic amines) is 1. The van der Waals surface area contributed by atoms with Gasteiger partial charge in [-0.05, 0) is 25.3 Å². The van der Waals surface area contributed by atoms with Gasteiger partial charge in [-0.15, -0.1) is 0 Å². The van der Waals surface area contributed by atoms with Crippen LogP contribution in [0.15, 0.2) is 18.6 Å². The fourth-order valence-corrected chi connectivity index (χ4v) is 3.23. The largest absolute Gasteiger partial charge is 0.377 e. The van der Waals surface area contributed by atoms with Crippen LogP contribution in [0.3, 0.4) is 0 Å². The zero-order valence-corrected chi connectivity index (χ0v) is 12.2. The van der Waals surface area contributed by atoms with E-state index in [0.29, 0.717) is 13.1 Å². The molecule has 2 aliphatic rings. The van der Waals surface area contributed by atoms with E-state index in [2.05, 4.69) is 9.97 Å². The summed E-state index contributed by atoms with van der Waals surface area (Å²) in [5.74, 6) is -0.000466. The molecule has 0 unspecified atom stereocenters. The molecule has 0 bridgehead atoms. The third kappa shape index (κ3) is 2.87. The van der Waals surface area contributed by atoms with Crippen LogP contribution in [0.2, 0.25) is 0 Å². The minimum atomic E-state index is -0.182. The first-order valence-electron chi connectivity index (χ1n) is 7.36. The summed E-state index contributed by atoms with van der Waals surface area (Å²) < 4.78 is 11.5. The molecule has 2 fully saturated rings. The van der Waals surface area contributed by atoms with Gasteiger partial charge in [-0.3, -0.25) is 4.79 Å². The molecule has 21 heavy (non-hydrogen) atoms. The molecule has 1 amide bonds. The van der Waals surface area contributed by atoms with Crippen molar-refractivity contribution in [1.82, 2.24) is 14.9 Å². The molecular formula is C15H21N3O3. The molecule has 1 aromatic rings. The molecule has 3 heterocycles. The molecule has 114 valence electrons. The normalized spacial score (nSPS) is 29.6. The fraction of sp³-hybridized carbons (Fsp3) is 0.600. The summed E-state index contributed by atoms with van der Waals surface area (Å²) in [6.45, 7) is 2.10. The van der Waals surface area contributed by atoms with Crippen molar-refractivity contribution in [2.75, 3.05) is 26.8 Å². The summed E-state index contributed by atoms with van der Waals surface area (Å²) in [5, 5.41) is 0. The van der Waals surface area contributed by atoms with Crippen LogP contribution >= 0.6 is 0 Å². The molecule has 0 saturated carbocycles. The van der Waals surface area contributed by atoms with E-state index in [4.69, 9.17) is 9.47 Å². The topological polar surface area (TPSA) is 67.5 Å². The number of amides is 1. The van der Waals surface area contributed by atoms with Crippen molar-refractivity contribution < 1.29 is 14.3 Å². The molecule has 2 atom stereocenters. The van der Waals surface area contributed by atoms with E-state index in [0.717, 1.165) is 31.6 Å². The zero-order chi connectivity index (χ0) is 14.7. The maximum atomic E-state index is 12.3. The molecule has 1 spiro atoms. The molecule has 6 nitrogen and oxygen atoms in total. The standard InChI is InChI=1S/C15H21N3O3/c1-20-13-10-18(7-6-15(13)5-2-8-21-15)14(19)4-3-12-9-16-11-17-12/h3-4,9,11,13H,2,5-8,10H2,1H3,(H,16,17)/b4-3+/t13-,15-/m1/s1. The van der Waals surface area contributed by atoms with Gasteiger partial charge in [-0.25, -0.2) is 4.98 Å². The number of piperidine rings is 1. The fourth-order valence-electron chi connectivity index (χ4n) is 3.23. The number of H-pyrrole nitrogens is 1. The minimum Gasteiger partial charge on any atom is -0.377 e. The summed E-state index contributed by atoms with van der Waals surface area (Å²) in [6, 6.07) is 0. The molecule has 1 N–H and O–H groups in total. The lowest BCUT2D eigenvalue weighted by Crippen LogP contribution is -2.57. The number of rotatable bonds is 3. The summed E-state index contributed by atoms with van der Waals surface area (Å²) in [5.41, 5.74) is 0.637. The predicted molar refractivity (Wildman–Crippen MR) is 77.5 cm³/mol. The number of carbonyl (C=O) groups excluding carboxylic acids is 1. The average molecular weight is 291 g/mol. The number of aromatic amines is 1. The van der Waals surface area contributed by atoms with E-state index in [-0.39, 0.29) is 17.6 Å². The number of carbonyl (C=O) groups is 1. The van der Waals surface area contributed by atoms with Crippen LogP contribution in [-0.2, 0) is 14.3 Å². The summed E-state index contributed by atoms with van der Waals surface area (Å²) in [7, 11) is 1.70. The second-order valence-corrected chi connectivity index (χ2v) is 5.62. The Morgan fingerprint density at radius 2 is 2.52 bits per heavy atom. The smallest absolute Gasteiger partial charge is 0.246 e. The lowest BCUT2D eigenvalue weighted by Gasteiger charge is -2.44. The monoisotopic (exact) mass is 291 g/mol. The highest BCUT2D eigenvalue weighted by Crippen LogP contribution is 2.37. The Hall–Kier alpha value is -1.66. The van der Waals surface area contributed by atoms with Crippen molar-refractivity contribution in [3.05, 3.63) is 24.3 Å². The Bertz CT molecular complexity index is 506. The van der Waals surface area contributed by atoms with Crippen molar-refractivity contribution in [2.45, 2.75) is 31.0 Å². The van der Waals surface area contributed by atoms with Gasteiger partial charge in [0.1, 0.15) is 6.10 Å². The molecule has 0 radical (unpaired) electrons. The van der Waals surface area contributed by atoms with Gasteiger partial charge in [-0.1, -0.05) is 0 Å². The highest BCUT2D eigenvalue weighted by atomic mass is 16.5. The highest BCUT2D eigenvalue weighted by Gasteiger charge is 2.47. The number of nitrogens with zero attached hydrogens (tertiary/aromatic N) is 2. The molecule has 2 saturated heterocycles. The van der Waals surface area contributed by atoms with Gasteiger partial charge in [0, 0.05) is 32.9 Å². The highest BCUT2D eigenvalue weighted by molar-refractivity contribution is 5.91. The molecular weight excluding hydrogens is 270 g/mol. The Labute approximate surface area is 124 Å². The number of imidazole rings is 1. The number of methoxy groups -OCH3 is 1. The quantitative estimate of drug-likeness (QED) is 0.850. The molecule has 0 aromatic carbocycles. The van der Waals surface area contributed by atoms with Gasteiger partial charge in [0.15, 0.2) is 0 Å². The van der Waals surface area contributed by atoms with Crippen LogP contribution < -0.4 is 0 Å². The van der Waals surface area contributed by atoms with Gasteiger partial charge in [0.2, 0.25) is 5.91 Å². The van der Waals surface area contributed by atoms with Crippen LogP contribution in [-0.4, -0.2) is 59.3 Å². The number of hydrogen-bond donors (Lipinski definition) is 1. The third-order valence-electron chi connectivity index (χ3n) is 4.43. The molecule has 2 aliphatic heterocycles. The van der Waals surface area contributed by atoms with Gasteiger partial charge >= 0.3 is 0 Å². The number of aromatic nitrogens is 2. The van der Waals surface area contributed by atoms with Crippen molar-refractivity contribution >= 4 is 12.0 Å². The van der Waals surface area contributed by atoms with E-state index >= 15 is 0 Å². The van der Waals surface area contributed by atoms with E-state index in [1.807, 2.05) is 4.90 Å². The molecule has 6 heteroatoms. The van der Waals surface area contributed by atoms with Crippen LogP contribution in [0.5, 0.6) is 0 Å². The summed E-state index contributed by atoms with van der Waals surface area (Å²) in [6.07, 6.45) is 9.49. The van der Waals surface area contributed by atoms with Crippen molar-refractivity contribution in [3.63, 3.8) is 0 Å². The first kappa shape index (κ1) is 14.3. The third-order valence-corrected chi connectivity index (χ3v) is 4.43. The molecule has 0 aliphatic carbocycles. The average Bonchev–Trinajstić information content (AvgIpc) is 3.17.